The highest BCUT2D eigenvalue weighted by molar-refractivity contribution is 9.10. The smallest absolute Gasteiger partial charge is 0.207 e. The molecule has 1 heterocycles. The summed E-state index contributed by atoms with van der Waals surface area (Å²) < 4.78 is 40.3. The molecular formula is C12H15BrFNO2S. The molecule has 0 aliphatic carbocycles. The van der Waals surface area contributed by atoms with Crippen molar-refractivity contribution in [3.63, 3.8) is 0 Å². The van der Waals surface area contributed by atoms with E-state index in [0.29, 0.717) is 29.4 Å². The van der Waals surface area contributed by atoms with Crippen molar-refractivity contribution >= 4 is 26.0 Å². The van der Waals surface area contributed by atoms with Gasteiger partial charge in [-0.3, -0.25) is 0 Å². The van der Waals surface area contributed by atoms with Crippen LogP contribution < -0.4 is 0 Å². The molecule has 3 nitrogen and oxygen atoms in total. The van der Waals surface area contributed by atoms with E-state index in [9.17, 15) is 12.8 Å². The predicted molar refractivity (Wildman–Crippen MR) is 71.2 cm³/mol. The van der Waals surface area contributed by atoms with Gasteiger partial charge in [0.2, 0.25) is 10.0 Å². The number of hydrogen-bond donors (Lipinski definition) is 0. The molecule has 0 saturated carbocycles. The summed E-state index contributed by atoms with van der Waals surface area (Å²) in [5.74, 6) is -0.104. The van der Waals surface area contributed by atoms with Crippen molar-refractivity contribution < 1.29 is 12.8 Å². The summed E-state index contributed by atoms with van der Waals surface area (Å²) >= 11 is 3.12. The molecule has 0 radical (unpaired) electrons. The van der Waals surface area contributed by atoms with Crippen LogP contribution in [-0.2, 0) is 10.0 Å². The minimum Gasteiger partial charge on any atom is -0.207 e. The number of benzene rings is 1. The van der Waals surface area contributed by atoms with E-state index in [0.717, 1.165) is 0 Å². The van der Waals surface area contributed by atoms with Crippen LogP contribution in [0.5, 0.6) is 0 Å². The molecule has 6 heteroatoms. The zero-order valence-corrected chi connectivity index (χ0v) is 12.6. The average molecular weight is 336 g/mol. The lowest BCUT2D eigenvalue weighted by molar-refractivity contribution is 0.456. The summed E-state index contributed by atoms with van der Waals surface area (Å²) in [5.41, 5.74) is 0. The lowest BCUT2D eigenvalue weighted by Gasteiger charge is -2.16. The second-order valence-corrected chi connectivity index (χ2v) is 7.67. The molecule has 1 aliphatic rings. The molecule has 0 aromatic heterocycles. The van der Waals surface area contributed by atoms with Crippen LogP contribution in [0.2, 0.25) is 0 Å². The molecule has 2 unspecified atom stereocenters. The molecule has 1 aromatic carbocycles. The van der Waals surface area contributed by atoms with Crippen molar-refractivity contribution in [2.75, 3.05) is 13.1 Å². The molecule has 0 N–H and O–H groups in total. The molecule has 0 amide bonds. The second-order valence-electron chi connectivity index (χ2n) is 4.85. The van der Waals surface area contributed by atoms with E-state index in [4.69, 9.17) is 0 Å². The summed E-state index contributed by atoms with van der Waals surface area (Å²) in [6.07, 6.45) is 0. The molecule has 2 rings (SSSR count). The van der Waals surface area contributed by atoms with Gasteiger partial charge in [-0.05, 0) is 30.0 Å². The number of hydrogen-bond acceptors (Lipinski definition) is 2. The minimum absolute atomic E-state index is 0.244. The van der Waals surface area contributed by atoms with Crippen LogP contribution in [-0.4, -0.2) is 25.8 Å². The lowest BCUT2D eigenvalue weighted by Crippen LogP contribution is -2.29. The highest BCUT2D eigenvalue weighted by Gasteiger charge is 2.36. The van der Waals surface area contributed by atoms with Gasteiger partial charge in [-0.1, -0.05) is 29.8 Å². The first-order chi connectivity index (χ1) is 8.32. The van der Waals surface area contributed by atoms with Crippen molar-refractivity contribution in [3.8, 4) is 0 Å². The Bertz CT molecular complexity index is 551. The Hall–Kier alpha value is -0.460. The Labute approximate surface area is 115 Å². The van der Waals surface area contributed by atoms with Crippen molar-refractivity contribution in [2.24, 2.45) is 11.8 Å². The molecular weight excluding hydrogens is 321 g/mol. The van der Waals surface area contributed by atoms with E-state index < -0.39 is 15.8 Å². The number of nitrogens with zero attached hydrogens (tertiary/aromatic N) is 1. The van der Waals surface area contributed by atoms with Crippen LogP contribution >= 0.6 is 15.9 Å². The summed E-state index contributed by atoms with van der Waals surface area (Å²) in [5, 5.41) is 0. The van der Waals surface area contributed by atoms with Gasteiger partial charge in [0, 0.05) is 17.6 Å². The summed E-state index contributed by atoms with van der Waals surface area (Å²) in [6.45, 7) is 4.94. The van der Waals surface area contributed by atoms with Gasteiger partial charge in [0.1, 0.15) is 10.7 Å². The fourth-order valence-corrected chi connectivity index (χ4v) is 4.12. The van der Waals surface area contributed by atoms with Crippen LogP contribution in [0.4, 0.5) is 4.39 Å². The molecule has 2 atom stereocenters. The first kappa shape index (κ1) is 14.0. The van der Waals surface area contributed by atoms with Gasteiger partial charge in [0.15, 0.2) is 0 Å². The highest BCUT2D eigenvalue weighted by atomic mass is 79.9. The van der Waals surface area contributed by atoms with E-state index in [1.54, 1.807) is 6.07 Å². The SMILES string of the molecule is CC1CN(S(=O)(=O)c2ccc(Br)cc2F)CC1C. The zero-order valence-electron chi connectivity index (χ0n) is 10.2. The lowest BCUT2D eigenvalue weighted by atomic mass is 10.0. The van der Waals surface area contributed by atoms with Gasteiger partial charge in [-0.25, -0.2) is 12.8 Å². The number of halogens is 2. The number of rotatable bonds is 2. The largest absolute Gasteiger partial charge is 0.246 e. The third-order valence-corrected chi connectivity index (χ3v) is 5.82. The van der Waals surface area contributed by atoms with Crippen LogP contribution in [0.3, 0.4) is 0 Å². The van der Waals surface area contributed by atoms with E-state index in [1.807, 2.05) is 13.8 Å². The predicted octanol–water partition coefficient (Wildman–Crippen LogP) is 2.86. The maximum Gasteiger partial charge on any atom is 0.246 e. The molecule has 18 heavy (non-hydrogen) atoms. The van der Waals surface area contributed by atoms with Crippen molar-refractivity contribution in [1.29, 1.82) is 0 Å². The van der Waals surface area contributed by atoms with Crippen LogP contribution in [0, 0.1) is 17.7 Å². The monoisotopic (exact) mass is 335 g/mol. The molecule has 1 aromatic rings. The fourth-order valence-electron chi connectivity index (χ4n) is 2.10. The van der Waals surface area contributed by atoms with Gasteiger partial charge >= 0.3 is 0 Å². The zero-order chi connectivity index (χ0) is 13.5. The van der Waals surface area contributed by atoms with E-state index in [1.165, 1.54) is 16.4 Å². The molecule has 1 saturated heterocycles. The maximum absolute atomic E-state index is 13.8. The van der Waals surface area contributed by atoms with E-state index in [-0.39, 0.29) is 4.90 Å². The van der Waals surface area contributed by atoms with Crippen molar-refractivity contribution in [2.45, 2.75) is 18.7 Å². The summed E-state index contributed by atoms with van der Waals surface area (Å²) in [7, 11) is -3.71. The van der Waals surface area contributed by atoms with Crippen LogP contribution in [0.25, 0.3) is 0 Å². The van der Waals surface area contributed by atoms with Gasteiger partial charge in [0.25, 0.3) is 0 Å². The molecule has 1 fully saturated rings. The Morgan fingerprint density at radius 1 is 1.28 bits per heavy atom. The highest BCUT2D eigenvalue weighted by Crippen LogP contribution is 2.29. The van der Waals surface area contributed by atoms with Gasteiger partial charge in [-0.2, -0.15) is 4.31 Å². The molecule has 100 valence electrons. The Morgan fingerprint density at radius 3 is 2.33 bits per heavy atom. The topological polar surface area (TPSA) is 37.4 Å². The Balaban J connectivity index is 2.37. The second kappa shape index (κ2) is 4.90. The van der Waals surface area contributed by atoms with E-state index in [2.05, 4.69) is 15.9 Å². The fraction of sp³-hybridized carbons (Fsp3) is 0.500. The van der Waals surface area contributed by atoms with Crippen molar-refractivity contribution in [3.05, 3.63) is 28.5 Å². The van der Waals surface area contributed by atoms with Gasteiger partial charge in [0.05, 0.1) is 0 Å². The normalized spacial score (nSPS) is 25.6. The summed E-state index contributed by atoms with van der Waals surface area (Å²) in [4.78, 5) is -0.244. The van der Waals surface area contributed by atoms with Crippen LogP contribution in [0.15, 0.2) is 27.6 Å². The first-order valence-corrected chi connectivity index (χ1v) is 8.01. The average Bonchev–Trinajstić information content (AvgIpc) is 2.59. The van der Waals surface area contributed by atoms with E-state index >= 15 is 0 Å². The van der Waals surface area contributed by atoms with Crippen LogP contribution in [0.1, 0.15) is 13.8 Å². The Kier molecular flexibility index (Phi) is 3.80. The summed E-state index contributed by atoms with van der Waals surface area (Å²) in [6, 6.07) is 4.02. The van der Waals surface area contributed by atoms with Gasteiger partial charge < -0.3 is 0 Å². The maximum atomic E-state index is 13.8. The molecule has 1 aliphatic heterocycles. The first-order valence-electron chi connectivity index (χ1n) is 5.77. The molecule has 0 spiro atoms. The third kappa shape index (κ3) is 2.46. The molecule has 0 bridgehead atoms. The Morgan fingerprint density at radius 2 is 1.83 bits per heavy atom. The third-order valence-electron chi connectivity index (χ3n) is 3.47. The van der Waals surface area contributed by atoms with Crippen molar-refractivity contribution in [1.82, 2.24) is 4.31 Å². The quantitative estimate of drug-likeness (QED) is 0.833. The standard InChI is InChI=1S/C12H15BrFNO2S/c1-8-6-15(7-9(8)2)18(16,17)12-4-3-10(13)5-11(12)14/h3-5,8-9H,6-7H2,1-2H3. The number of sulfonamides is 1. The van der Waals surface area contributed by atoms with Gasteiger partial charge in [-0.15, -0.1) is 0 Å². The minimum atomic E-state index is -3.71.